The molecule has 0 atom stereocenters. The number of aromatic hydroxyl groups is 1. The van der Waals surface area contributed by atoms with E-state index in [1.807, 2.05) is 48.5 Å². The van der Waals surface area contributed by atoms with Gasteiger partial charge in [-0.1, -0.05) is 48.5 Å². The van der Waals surface area contributed by atoms with Crippen LogP contribution in [0.5, 0.6) is 5.75 Å². The molecule has 2 nitrogen and oxygen atoms in total. The Kier molecular flexibility index (Phi) is 2.61. The highest BCUT2D eigenvalue weighted by Crippen LogP contribution is 2.35. The zero-order valence-corrected chi connectivity index (χ0v) is 11.3. The molecule has 0 aliphatic carbocycles. The molecule has 4 rings (SSSR count). The van der Waals surface area contributed by atoms with Crippen molar-refractivity contribution >= 4 is 21.8 Å². The van der Waals surface area contributed by atoms with E-state index in [4.69, 9.17) is 4.98 Å². The monoisotopic (exact) mass is 271 g/mol. The highest BCUT2D eigenvalue weighted by molar-refractivity contribution is 6.09. The van der Waals surface area contributed by atoms with Gasteiger partial charge in [0.25, 0.3) is 0 Å². The number of nitrogens with zero attached hydrogens (tertiary/aromatic N) is 1. The lowest BCUT2D eigenvalue weighted by Crippen LogP contribution is -1.88. The molecule has 0 bridgehead atoms. The number of pyridine rings is 1. The fraction of sp³-hybridized carbons (Fsp3) is 0. The van der Waals surface area contributed by atoms with Crippen LogP contribution in [0.3, 0.4) is 0 Å². The van der Waals surface area contributed by atoms with Gasteiger partial charge in [0.05, 0.1) is 11.0 Å². The van der Waals surface area contributed by atoms with Crippen molar-refractivity contribution in [2.75, 3.05) is 0 Å². The summed E-state index contributed by atoms with van der Waals surface area (Å²) in [6.45, 7) is 0. The van der Waals surface area contributed by atoms with Crippen LogP contribution in [-0.2, 0) is 0 Å². The van der Waals surface area contributed by atoms with Gasteiger partial charge >= 0.3 is 0 Å². The van der Waals surface area contributed by atoms with Gasteiger partial charge in [-0.15, -0.1) is 0 Å². The molecule has 0 saturated carbocycles. The van der Waals surface area contributed by atoms with Crippen molar-refractivity contribution in [1.82, 2.24) is 4.98 Å². The Bertz CT molecular complexity index is 888. The molecule has 0 saturated heterocycles. The first kappa shape index (κ1) is 11.9. The topological polar surface area (TPSA) is 33.1 Å². The van der Waals surface area contributed by atoms with Gasteiger partial charge in [0, 0.05) is 16.3 Å². The first-order chi connectivity index (χ1) is 10.3. The molecule has 0 fully saturated rings. The molecule has 0 aliphatic rings. The Morgan fingerprint density at radius 2 is 1.14 bits per heavy atom. The van der Waals surface area contributed by atoms with Crippen LogP contribution in [0.15, 0.2) is 72.8 Å². The van der Waals surface area contributed by atoms with Gasteiger partial charge in [0.15, 0.2) is 0 Å². The molecule has 0 unspecified atom stereocenters. The minimum atomic E-state index is 0.279. The van der Waals surface area contributed by atoms with Crippen molar-refractivity contribution in [3.8, 4) is 16.9 Å². The number of para-hydroxylation sites is 2. The van der Waals surface area contributed by atoms with Crippen LogP contribution in [0.25, 0.3) is 32.9 Å². The quantitative estimate of drug-likeness (QED) is 0.506. The van der Waals surface area contributed by atoms with Crippen molar-refractivity contribution in [2.24, 2.45) is 0 Å². The van der Waals surface area contributed by atoms with E-state index in [0.717, 1.165) is 32.9 Å². The van der Waals surface area contributed by atoms with E-state index < -0.39 is 0 Å². The van der Waals surface area contributed by atoms with Gasteiger partial charge in [-0.3, -0.25) is 0 Å². The van der Waals surface area contributed by atoms with Crippen LogP contribution in [0.2, 0.25) is 0 Å². The lowest BCUT2D eigenvalue weighted by atomic mass is 9.96. The Morgan fingerprint density at radius 3 is 1.71 bits per heavy atom. The van der Waals surface area contributed by atoms with E-state index in [0.29, 0.717) is 0 Å². The smallest absolute Gasteiger partial charge is 0.115 e. The third-order valence-electron chi connectivity index (χ3n) is 3.74. The Labute approximate surface area is 122 Å². The Morgan fingerprint density at radius 1 is 0.619 bits per heavy atom. The van der Waals surface area contributed by atoms with Gasteiger partial charge < -0.3 is 5.11 Å². The van der Waals surface area contributed by atoms with E-state index in [9.17, 15) is 5.11 Å². The molecule has 1 N–H and O–H groups in total. The second-order valence-electron chi connectivity index (χ2n) is 5.07. The van der Waals surface area contributed by atoms with Crippen LogP contribution in [-0.4, -0.2) is 10.1 Å². The molecule has 1 aromatic heterocycles. The van der Waals surface area contributed by atoms with Crippen LogP contribution in [0.1, 0.15) is 0 Å². The number of phenols is 1. The van der Waals surface area contributed by atoms with E-state index in [1.54, 1.807) is 12.1 Å². The fourth-order valence-electron chi connectivity index (χ4n) is 2.78. The first-order valence-electron chi connectivity index (χ1n) is 6.90. The fourth-order valence-corrected chi connectivity index (χ4v) is 2.78. The van der Waals surface area contributed by atoms with Gasteiger partial charge in [0.1, 0.15) is 5.75 Å². The standard InChI is InChI=1S/C19H13NO/c21-14-11-9-13(10-12-14)19-15-5-1-3-7-17(15)20-18-8-4-2-6-16(18)19/h1-12,21H. The molecule has 4 aromatic rings. The molecule has 0 aliphatic heterocycles. The summed E-state index contributed by atoms with van der Waals surface area (Å²) >= 11 is 0. The largest absolute Gasteiger partial charge is 0.508 e. The Balaban J connectivity index is 2.18. The number of hydrogen-bond donors (Lipinski definition) is 1. The van der Waals surface area contributed by atoms with Crippen LogP contribution >= 0.6 is 0 Å². The van der Waals surface area contributed by atoms with Crippen molar-refractivity contribution in [2.45, 2.75) is 0 Å². The summed E-state index contributed by atoms with van der Waals surface area (Å²) in [6, 6.07) is 23.7. The predicted octanol–water partition coefficient (Wildman–Crippen LogP) is 4.76. The average Bonchev–Trinajstić information content (AvgIpc) is 2.53. The highest BCUT2D eigenvalue weighted by atomic mass is 16.3. The molecule has 3 aromatic carbocycles. The van der Waals surface area contributed by atoms with Gasteiger partial charge in [-0.25, -0.2) is 4.98 Å². The number of benzene rings is 3. The van der Waals surface area contributed by atoms with Gasteiger partial charge in [0.2, 0.25) is 0 Å². The Hall–Kier alpha value is -2.87. The summed E-state index contributed by atoms with van der Waals surface area (Å²) in [5.74, 6) is 0.279. The zero-order valence-electron chi connectivity index (χ0n) is 11.3. The lowest BCUT2D eigenvalue weighted by Gasteiger charge is -2.11. The van der Waals surface area contributed by atoms with Gasteiger partial charge in [-0.05, 0) is 29.8 Å². The summed E-state index contributed by atoms with van der Waals surface area (Å²) in [6.07, 6.45) is 0. The van der Waals surface area contributed by atoms with E-state index >= 15 is 0 Å². The summed E-state index contributed by atoms with van der Waals surface area (Å²) in [5, 5.41) is 11.8. The van der Waals surface area contributed by atoms with Crippen molar-refractivity contribution < 1.29 is 5.11 Å². The molecular weight excluding hydrogens is 258 g/mol. The van der Waals surface area contributed by atoms with Crippen LogP contribution in [0.4, 0.5) is 0 Å². The molecule has 2 heteroatoms. The van der Waals surface area contributed by atoms with E-state index in [2.05, 4.69) is 12.1 Å². The predicted molar refractivity (Wildman–Crippen MR) is 86.3 cm³/mol. The zero-order chi connectivity index (χ0) is 14.2. The van der Waals surface area contributed by atoms with Gasteiger partial charge in [-0.2, -0.15) is 0 Å². The first-order valence-corrected chi connectivity index (χ1v) is 6.90. The minimum absolute atomic E-state index is 0.279. The second kappa shape index (κ2) is 4.60. The number of phenolic OH excluding ortho intramolecular Hbond substituents is 1. The third kappa shape index (κ3) is 1.93. The lowest BCUT2D eigenvalue weighted by molar-refractivity contribution is 0.475. The molecule has 0 amide bonds. The van der Waals surface area contributed by atoms with Crippen molar-refractivity contribution in [3.63, 3.8) is 0 Å². The molecule has 0 radical (unpaired) electrons. The van der Waals surface area contributed by atoms with E-state index in [1.165, 1.54) is 0 Å². The molecule has 100 valence electrons. The number of aromatic nitrogens is 1. The maximum absolute atomic E-state index is 9.52. The number of rotatable bonds is 1. The molecular formula is C19H13NO. The van der Waals surface area contributed by atoms with Crippen molar-refractivity contribution in [1.29, 1.82) is 0 Å². The SMILES string of the molecule is Oc1ccc(-c2c3ccccc3nc3ccccc23)cc1. The highest BCUT2D eigenvalue weighted by Gasteiger charge is 2.10. The summed E-state index contributed by atoms with van der Waals surface area (Å²) in [5.41, 5.74) is 4.22. The summed E-state index contributed by atoms with van der Waals surface area (Å²) < 4.78 is 0. The normalized spacial score (nSPS) is 11.0. The molecule has 0 spiro atoms. The summed E-state index contributed by atoms with van der Waals surface area (Å²) in [4.78, 5) is 4.73. The number of hydrogen-bond acceptors (Lipinski definition) is 2. The van der Waals surface area contributed by atoms with E-state index in [-0.39, 0.29) is 5.75 Å². The average molecular weight is 271 g/mol. The molecule has 1 heterocycles. The second-order valence-corrected chi connectivity index (χ2v) is 5.07. The summed E-state index contributed by atoms with van der Waals surface area (Å²) in [7, 11) is 0. The minimum Gasteiger partial charge on any atom is -0.508 e. The third-order valence-corrected chi connectivity index (χ3v) is 3.74. The maximum Gasteiger partial charge on any atom is 0.115 e. The molecule has 21 heavy (non-hydrogen) atoms. The van der Waals surface area contributed by atoms with Crippen LogP contribution < -0.4 is 0 Å². The maximum atomic E-state index is 9.52. The number of fused-ring (bicyclic) bond motifs is 2. The van der Waals surface area contributed by atoms with Crippen LogP contribution in [0, 0.1) is 0 Å². The van der Waals surface area contributed by atoms with Crippen molar-refractivity contribution in [3.05, 3.63) is 72.8 Å².